The molecule has 0 bridgehead atoms. The van der Waals surface area contributed by atoms with Crippen molar-refractivity contribution in [1.29, 1.82) is 0 Å². The van der Waals surface area contributed by atoms with Crippen LogP contribution >= 0.6 is 0 Å². The van der Waals surface area contributed by atoms with Gasteiger partial charge in [-0.2, -0.15) is 0 Å². The van der Waals surface area contributed by atoms with Crippen molar-refractivity contribution in [1.82, 2.24) is 0 Å². The molecule has 19 heavy (non-hydrogen) atoms. The highest BCUT2D eigenvalue weighted by Crippen LogP contribution is 2.39. The molecule has 0 spiro atoms. The van der Waals surface area contributed by atoms with Crippen molar-refractivity contribution in [2.45, 2.75) is 45.4 Å². The Labute approximate surface area is 117 Å². The molecule has 0 heterocycles. The Morgan fingerprint density at radius 3 is 2.11 bits per heavy atom. The molecule has 0 fully saturated rings. The topological polar surface area (TPSA) is 44.5 Å². The average molecular weight is 265 g/mol. The number of nitrogens with two attached hydrogens (primary N) is 1. The first-order valence-electron chi connectivity index (χ1n) is 6.81. The first kappa shape index (κ1) is 15.8. The van der Waals surface area contributed by atoms with Gasteiger partial charge in [-0.05, 0) is 36.4 Å². The van der Waals surface area contributed by atoms with Gasteiger partial charge >= 0.3 is 0 Å². The van der Waals surface area contributed by atoms with Crippen LogP contribution in [0.3, 0.4) is 0 Å². The molecule has 3 heteroatoms. The van der Waals surface area contributed by atoms with E-state index in [-0.39, 0.29) is 5.41 Å². The molecule has 0 aliphatic heterocycles. The van der Waals surface area contributed by atoms with Crippen molar-refractivity contribution in [2.75, 3.05) is 20.8 Å². The minimum absolute atomic E-state index is 0.0221. The second-order valence-corrected chi connectivity index (χ2v) is 6.02. The predicted octanol–water partition coefficient (Wildman–Crippen LogP) is 3.45. The molecular formula is C16H27NO2. The molecular weight excluding hydrogens is 238 g/mol. The van der Waals surface area contributed by atoms with Crippen molar-refractivity contribution < 1.29 is 9.47 Å². The summed E-state index contributed by atoms with van der Waals surface area (Å²) in [6.45, 7) is 9.36. The normalized spacial score (nSPS) is 13.2. The van der Waals surface area contributed by atoms with Crippen LogP contribution in [0.4, 0.5) is 0 Å². The summed E-state index contributed by atoms with van der Waals surface area (Å²) >= 11 is 0. The van der Waals surface area contributed by atoms with E-state index < -0.39 is 0 Å². The summed E-state index contributed by atoms with van der Waals surface area (Å²) in [6.07, 6.45) is 0.939. The van der Waals surface area contributed by atoms with E-state index >= 15 is 0 Å². The third-order valence-corrected chi connectivity index (χ3v) is 3.49. The van der Waals surface area contributed by atoms with E-state index in [2.05, 4.69) is 39.8 Å². The molecule has 1 rings (SSSR count). The van der Waals surface area contributed by atoms with E-state index in [0.717, 1.165) is 29.0 Å². The molecule has 0 aliphatic rings. The van der Waals surface area contributed by atoms with Crippen LogP contribution in [0.5, 0.6) is 11.5 Å². The van der Waals surface area contributed by atoms with Gasteiger partial charge in [-0.15, -0.1) is 0 Å². The van der Waals surface area contributed by atoms with E-state index in [1.807, 2.05) is 0 Å². The number of rotatable bonds is 5. The number of ether oxygens (including phenoxy) is 2. The minimum Gasteiger partial charge on any atom is -0.496 e. The molecule has 1 atom stereocenters. The minimum atomic E-state index is 0.0221. The maximum atomic E-state index is 5.66. The van der Waals surface area contributed by atoms with Crippen LogP contribution in [-0.4, -0.2) is 20.8 Å². The zero-order valence-electron chi connectivity index (χ0n) is 13.0. The largest absolute Gasteiger partial charge is 0.496 e. The zero-order valence-corrected chi connectivity index (χ0v) is 13.0. The molecule has 1 aromatic rings. The van der Waals surface area contributed by atoms with Crippen molar-refractivity contribution in [3.8, 4) is 11.5 Å². The van der Waals surface area contributed by atoms with Gasteiger partial charge in [0.2, 0.25) is 0 Å². The van der Waals surface area contributed by atoms with Crippen LogP contribution in [0.25, 0.3) is 0 Å². The van der Waals surface area contributed by atoms with E-state index in [9.17, 15) is 0 Å². The van der Waals surface area contributed by atoms with Gasteiger partial charge in [0.25, 0.3) is 0 Å². The number of hydrogen-bond acceptors (Lipinski definition) is 3. The van der Waals surface area contributed by atoms with Crippen molar-refractivity contribution in [3.63, 3.8) is 0 Å². The molecule has 0 aliphatic carbocycles. The van der Waals surface area contributed by atoms with Gasteiger partial charge in [-0.3, -0.25) is 0 Å². The van der Waals surface area contributed by atoms with Gasteiger partial charge in [0.15, 0.2) is 0 Å². The molecule has 2 N–H and O–H groups in total. The summed E-state index contributed by atoms with van der Waals surface area (Å²) in [5, 5.41) is 0. The fourth-order valence-corrected chi connectivity index (χ4v) is 2.30. The Morgan fingerprint density at radius 2 is 1.68 bits per heavy atom. The van der Waals surface area contributed by atoms with E-state index in [1.165, 1.54) is 0 Å². The van der Waals surface area contributed by atoms with E-state index in [4.69, 9.17) is 15.2 Å². The van der Waals surface area contributed by atoms with Crippen LogP contribution in [0.1, 0.15) is 51.2 Å². The summed E-state index contributed by atoms with van der Waals surface area (Å²) in [6, 6.07) is 4.20. The van der Waals surface area contributed by atoms with E-state index in [0.29, 0.717) is 12.5 Å². The van der Waals surface area contributed by atoms with Gasteiger partial charge in [0.05, 0.1) is 14.2 Å². The third kappa shape index (κ3) is 3.63. The molecule has 3 nitrogen and oxygen atoms in total. The van der Waals surface area contributed by atoms with Gasteiger partial charge in [0.1, 0.15) is 11.5 Å². The highest BCUT2D eigenvalue weighted by atomic mass is 16.5. The SMILES string of the molecule is COc1cc(C(C)(C)C)c(OC)cc1C(C)CCN. The summed E-state index contributed by atoms with van der Waals surface area (Å²) in [7, 11) is 3.43. The van der Waals surface area contributed by atoms with Crippen LogP contribution < -0.4 is 15.2 Å². The monoisotopic (exact) mass is 265 g/mol. The Balaban J connectivity index is 3.35. The first-order chi connectivity index (χ1) is 8.85. The van der Waals surface area contributed by atoms with Crippen molar-refractivity contribution >= 4 is 0 Å². The first-order valence-corrected chi connectivity index (χ1v) is 6.81. The Hall–Kier alpha value is -1.22. The second kappa shape index (κ2) is 6.29. The fraction of sp³-hybridized carbons (Fsp3) is 0.625. The number of methoxy groups -OCH3 is 2. The lowest BCUT2D eigenvalue weighted by atomic mass is 9.84. The van der Waals surface area contributed by atoms with Crippen LogP contribution in [-0.2, 0) is 5.41 Å². The molecule has 0 radical (unpaired) electrons. The van der Waals surface area contributed by atoms with Gasteiger partial charge in [-0.1, -0.05) is 27.7 Å². The highest BCUT2D eigenvalue weighted by molar-refractivity contribution is 5.50. The van der Waals surface area contributed by atoms with Crippen LogP contribution in [0.2, 0.25) is 0 Å². The standard InChI is InChI=1S/C16H27NO2/c1-11(7-8-17)12-9-15(19-6)13(16(2,3)4)10-14(12)18-5/h9-11H,7-8,17H2,1-6H3. The highest BCUT2D eigenvalue weighted by Gasteiger charge is 2.23. The molecule has 1 unspecified atom stereocenters. The summed E-state index contributed by atoms with van der Waals surface area (Å²) < 4.78 is 11.1. The van der Waals surface area contributed by atoms with Crippen LogP contribution in [0.15, 0.2) is 12.1 Å². The van der Waals surface area contributed by atoms with Crippen LogP contribution in [0, 0.1) is 0 Å². The Morgan fingerprint density at radius 1 is 1.11 bits per heavy atom. The molecule has 108 valence electrons. The quantitative estimate of drug-likeness (QED) is 0.886. The maximum Gasteiger partial charge on any atom is 0.123 e. The Kier molecular flexibility index (Phi) is 5.24. The average Bonchev–Trinajstić information content (AvgIpc) is 2.36. The van der Waals surface area contributed by atoms with E-state index in [1.54, 1.807) is 14.2 Å². The summed E-state index contributed by atoms with van der Waals surface area (Å²) in [5.41, 5.74) is 8.01. The maximum absolute atomic E-state index is 5.66. The van der Waals surface area contributed by atoms with Gasteiger partial charge < -0.3 is 15.2 Å². The fourth-order valence-electron chi connectivity index (χ4n) is 2.30. The zero-order chi connectivity index (χ0) is 14.6. The lowest BCUT2D eigenvalue weighted by molar-refractivity contribution is 0.382. The lowest BCUT2D eigenvalue weighted by Gasteiger charge is -2.25. The molecule has 0 saturated carbocycles. The molecule has 1 aromatic carbocycles. The number of hydrogen-bond donors (Lipinski definition) is 1. The molecule has 0 amide bonds. The molecule has 0 aromatic heterocycles. The van der Waals surface area contributed by atoms with Crippen molar-refractivity contribution in [2.24, 2.45) is 5.73 Å². The molecule has 0 saturated heterocycles. The summed E-state index contributed by atoms with van der Waals surface area (Å²) in [4.78, 5) is 0. The Bertz CT molecular complexity index is 421. The third-order valence-electron chi connectivity index (χ3n) is 3.49. The predicted molar refractivity (Wildman–Crippen MR) is 80.3 cm³/mol. The smallest absolute Gasteiger partial charge is 0.123 e. The van der Waals surface area contributed by atoms with Crippen molar-refractivity contribution in [3.05, 3.63) is 23.3 Å². The van der Waals surface area contributed by atoms with Gasteiger partial charge in [0, 0.05) is 11.1 Å². The summed E-state index contributed by atoms with van der Waals surface area (Å²) in [5.74, 6) is 2.21. The number of benzene rings is 1. The van der Waals surface area contributed by atoms with Gasteiger partial charge in [-0.25, -0.2) is 0 Å². The lowest BCUT2D eigenvalue weighted by Crippen LogP contribution is -2.14. The second-order valence-electron chi connectivity index (χ2n) is 6.02.